The highest BCUT2D eigenvalue weighted by molar-refractivity contribution is 5.22. The van der Waals surface area contributed by atoms with Crippen LogP contribution in [-0.4, -0.2) is 31.1 Å². The van der Waals surface area contributed by atoms with Crippen molar-refractivity contribution in [1.82, 2.24) is 10.2 Å². The average molecular weight is 262 g/mol. The molecule has 0 amide bonds. The van der Waals surface area contributed by atoms with Gasteiger partial charge in [-0.05, 0) is 49.6 Å². The largest absolute Gasteiger partial charge is 0.316 e. The van der Waals surface area contributed by atoms with E-state index in [-0.39, 0.29) is 0 Å². The van der Waals surface area contributed by atoms with Crippen molar-refractivity contribution in [2.24, 2.45) is 5.92 Å². The Hall–Kier alpha value is -0.860. The summed E-state index contributed by atoms with van der Waals surface area (Å²) in [6, 6.07) is 9.10. The molecule has 108 valence electrons. The standard InChI is InChI=1S/C17H30N2/c1-5-19(6-2)14-17-9-7-16(8-10-17)11-12-18-13-15(3)4/h7-10,15,18H,5-6,11-14H2,1-4H3. The molecule has 2 nitrogen and oxygen atoms in total. The van der Waals surface area contributed by atoms with Gasteiger partial charge in [0.05, 0.1) is 0 Å². The first-order chi connectivity index (χ1) is 9.15. The van der Waals surface area contributed by atoms with Gasteiger partial charge in [-0.2, -0.15) is 0 Å². The van der Waals surface area contributed by atoms with Crippen molar-refractivity contribution < 1.29 is 0 Å². The van der Waals surface area contributed by atoms with Crippen molar-refractivity contribution in [3.8, 4) is 0 Å². The molecule has 0 atom stereocenters. The van der Waals surface area contributed by atoms with Gasteiger partial charge in [-0.3, -0.25) is 4.90 Å². The van der Waals surface area contributed by atoms with Gasteiger partial charge in [-0.15, -0.1) is 0 Å². The van der Waals surface area contributed by atoms with Crippen LogP contribution in [0, 0.1) is 5.92 Å². The van der Waals surface area contributed by atoms with Crippen molar-refractivity contribution in [3.63, 3.8) is 0 Å². The first-order valence-electron chi connectivity index (χ1n) is 7.66. The number of rotatable bonds is 9. The molecule has 0 fully saturated rings. The van der Waals surface area contributed by atoms with Gasteiger partial charge in [0.25, 0.3) is 0 Å². The minimum atomic E-state index is 0.733. The van der Waals surface area contributed by atoms with Crippen LogP contribution in [0.2, 0.25) is 0 Å². The molecule has 0 aliphatic carbocycles. The Morgan fingerprint density at radius 3 is 2.11 bits per heavy atom. The lowest BCUT2D eigenvalue weighted by Crippen LogP contribution is -2.22. The first-order valence-corrected chi connectivity index (χ1v) is 7.66. The van der Waals surface area contributed by atoms with E-state index in [9.17, 15) is 0 Å². The van der Waals surface area contributed by atoms with Gasteiger partial charge in [-0.1, -0.05) is 52.0 Å². The zero-order valence-electron chi connectivity index (χ0n) is 13.1. The van der Waals surface area contributed by atoms with Crippen LogP contribution in [0.1, 0.15) is 38.8 Å². The fourth-order valence-electron chi connectivity index (χ4n) is 2.14. The van der Waals surface area contributed by atoms with E-state index in [1.165, 1.54) is 11.1 Å². The maximum Gasteiger partial charge on any atom is 0.0233 e. The van der Waals surface area contributed by atoms with E-state index in [1.807, 2.05) is 0 Å². The Labute approximate surface area is 119 Å². The summed E-state index contributed by atoms with van der Waals surface area (Å²) < 4.78 is 0. The van der Waals surface area contributed by atoms with E-state index in [4.69, 9.17) is 0 Å². The summed E-state index contributed by atoms with van der Waals surface area (Å²) in [7, 11) is 0. The Balaban J connectivity index is 2.34. The Morgan fingerprint density at radius 1 is 1.00 bits per heavy atom. The van der Waals surface area contributed by atoms with Crippen LogP contribution in [0.5, 0.6) is 0 Å². The smallest absolute Gasteiger partial charge is 0.0233 e. The molecular formula is C17H30N2. The summed E-state index contributed by atoms with van der Waals surface area (Å²) in [5, 5.41) is 3.49. The number of nitrogens with zero attached hydrogens (tertiary/aromatic N) is 1. The predicted molar refractivity (Wildman–Crippen MR) is 84.5 cm³/mol. The molecule has 0 unspecified atom stereocenters. The number of benzene rings is 1. The van der Waals surface area contributed by atoms with Crippen molar-refractivity contribution in [2.45, 2.75) is 40.7 Å². The highest BCUT2D eigenvalue weighted by atomic mass is 15.1. The molecule has 1 N–H and O–H groups in total. The molecule has 2 heteroatoms. The molecule has 1 aromatic rings. The minimum Gasteiger partial charge on any atom is -0.316 e. The lowest BCUT2D eigenvalue weighted by atomic mass is 10.1. The summed E-state index contributed by atoms with van der Waals surface area (Å²) in [4.78, 5) is 2.44. The van der Waals surface area contributed by atoms with Gasteiger partial charge in [-0.25, -0.2) is 0 Å². The van der Waals surface area contributed by atoms with E-state index in [2.05, 4.69) is 62.2 Å². The molecular weight excluding hydrogens is 232 g/mol. The van der Waals surface area contributed by atoms with Crippen LogP contribution >= 0.6 is 0 Å². The molecule has 0 aliphatic heterocycles. The van der Waals surface area contributed by atoms with Crippen LogP contribution in [0.15, 0.2) is 24.3 Å². The van der Waals surface area contributed by atoms with Gasteiger partial charge in [0.15, 0.2) is 0 Å². The Kier molecular flexibility index (Phi) is 7.76. The fourth-order valence-corrected chi connectivity index (χ4v) is 2.14. The van der Waals surface area contributed by atoms with Crippen LogP contribution in [0.3, 0.4) is 0 Å². The maximum atomic E-state index is 3.49. The third-order valence-electron chi connectivity index (χ3n) is 3.47. The summed E-state index contributed by atoms with van der Waals surface area (Å²) in [6.07, 6.45) is 1.12. The molecule has 19 heavy (non-hydrogen) atoms. The van der Waals surface area contributed by atoms with Gasteiger partial charge in [0, 0.05) is 6.54 Å². The molecule has 0 heterocycles. The van der Waals surface area contributed by atoms with E-state index >= 15 is 0 Å². The monoisotopic (exact) mass is 262 g/mol. The second-order valence-electron chi connectivity index (χ2n) is 5.63. The summed E-state index contributed by atoms with van der Waals surface area (Å²) >= 11 is 0. The highest BCUT2D eigenvalue weighted by Crippen LogP contribution is 2.08. The molecule has 0 aliphatic rings. The number of hydrogen-bond donors (Lipinski definition) is 1. The van der Waals surface area contributed by atoms with Crippen LogP contribution in [0.25, 0.3) is 0 Å². The van der Waals surface area contributed by atoms with E-state index in [0.717, 1.165) is 45.1 Å². The van der Waals surface area contributed by atoms with Gasteiger partial charge < -0.3 is 5.32 Å². The van der Waals surface area contributed by atoms with Gasteiger partial charge >= 0.3 is 0 Å². The third kappa shape index (κ3) is 6.74. The number of hydrogen-bond acceptors (Lipinski definition) is 2. The molecule has 1 rings (SSSR count). The SMILES string of the molecule is CCN(CC)Cc1ccc(CCNCC(C)C)cc1. The lowest BCUT2D eigenvalue weighted by Gasteiger charge is -2.18. The zero-order chi connectivity index (χ0) is 14.1. The molecule has 0 saturated carbocycles. The minimum absolute atomic E-state index is 0.733. The fraction of sp³-hybridized carbons (Fsp3) is 0.647. The molecule has 1 aromatic carbocycles. The Morgan fingerprint density at radius 2 is 1.58 bits per heavy atom. The van der Waals surface area contributed by atoms with Crippen molar-refractivity contribution in [2.75, 3.05) is 26.2 Å². The van der Waals surface area contributed by atoms with Crippen molar-refractivity contribution >= 4 is 0 Å². The summed E-state index contributed by atoms with van der Waals surface area (Å²) in [5.41, 5.74) is 2.85. The molecule has 0 spiro atoms. The lowest BCUT2D eigenvalue weighted by molar-refractivity contribution is 0.296. The number of nitrogens with one attached hydrogen (secondary N) is 1. The van der Waals surface area contributed by atoms with E-state index < -0.39 is 0 Å². The average Bonchev–Trinajstić information content (AvgIpc) is 2.42. The highest BCUT2D eigenvalue weighted by Gasteiger charge is 2.01. The van der Waals surface area contributed by atoms with Crippen LogP contribution < -0.4 is 5.32 Å². The van der Waals surface area contributed by atoms with Crippen molar-refractivity contribution in [3.05, 3.63) is 35.4 Å². The third-order valence-corrected chi connectivity index (χ3v) is 3.47. The Bertz CT molecular complexity index is 326. The second kappa shape index (κ2) is 9.11. The van der Waals surface area contributed by atoms with Crippen molar-refractivity contribution in [1.29, 1.82) is 0 Å². The van der Waals surface area contributed by atoms with Crippen LogP contribution in [-0.2, 0) is 13.0 Å². The summed E-state index contributed by atoms with van der Waals surface area (Å²) in [6.45, 7) is 14.4. The first kappa shape index (κ1) is 16.2. The van der Waals surface area contributed by atoms with E-state index in [1.54, 1.807) is 0 Å². The van der Waals surface area contributed by atoms with E-state index in [0.29, 0.717) is 0 Å². The maximum absolute atomic E-state index is 3.49. The molecule has 0 aromatic heterocycles. The van der Waals surface area contributed by atoms with Crippen LogP contribution in [0.4, 0.5) is 0 Å². The quantitative estimate of drug-likeness (QED) is 0.687. The predicted octanol–water partition coefficient (Wildman–Crippen LogP) is 3.32. The molecule has 0 bridgehead atoms. The van der Waals surface area contributed by atoms with Gasteiger partial charge in [0.2, 0.25) is 0 Å². The summed E-state index contributed by atoms with van der Waals surface area (Å²) in [5.74, 6) is 0.733. The molecule has 0 saturated heterocycles. The normalized spacial score (nSPS) is 11.5. The van der Waals surface area contributed by atoms with Gasteiger partial charge in [0.1, 0.15) is 0 Å². The topological polar surface area (TPSA) is 15.3 Å². The molecule has 0 radical (unpaired) electrons. The second-order valence-corrected chi connectivity index (χ2v) is 5.63. The zero-order valence-corrected chi connectivity index (χ0v) is 13.1.